The first kappa shape index (κ1) is 19.1. The molecule has 0 saturated carbocycles. The van der Waals surface area contributed by atoms with Crippen LogP contribution in [0.15, 0.2) is 0 Å². The number of amides is 2. The summed E-state index contributed by atoms with van der Waals surface area (Å²) in [6.07, 6.45) is 0.644. The Labute approximate surface area is 126 Å². The molecular weight excluding hydrogens is 282 g/mol. The van der Waals surface area contributed by atoms with E-state index < -0.39 is 6.04 Å². The average molecular weight is 308 g/mol. The highest BCUT2D eigenvalue weighted by molar-refractivity contribution is 5.89. The highest BCUT2D eigenvalue weighted by Gasteiger charge is 2.29. The van der Waals surface area contributed by atoms with Crippen molar-refractivity contribution in [1.82, 2.24) is 16.0 Å². The summed E-state index contributed by atoms with van der Waals surface area (Å²) in [4.78, 5) is 23.9. The number of methoxy groups -OCH3 is 1. The van der Waals surface area contributed by atoms with Gasteiger partial charge in [0.1, 0.15) is 6.04 Å². The summed E-state index contributed by atoms with van der Waals surface area (Å²) in [7, 11) is 1.59. The van der Waals surface area contributed by atoms with Gasteiger partial charge in [0, 0.05) is 26.7 Å². The van der Waals surface area contributed by atoms with E-state index in [9.17, 15) is 9.59 Å². The van der Waals surface area contributed by atoms with Gasteiger partial charge in [0.2, 0.25) is 11.8 Å². The lowest BCUT2D eigenvalue weighted by atomic mass is 9.99. The van der Waals surface area contributed by atoms with E-state index in [-0.39, 0.29) is 30.1 Å². The lowest BCUT2D eigenvalue weighted by Gasteiger charge is -2.28. The van der Waals surface area contributed by atoms with Crippen LogP contribution in [0.4, 0.5) is 0 Å². The molecule has 1 fully saturated rings. The second kappa shape index (κ2) is 9.96. The van der Waals surface area contributed by atoms with Crippen LogP contribution in [0.2, 0.25) is 0 Å². The van der Waals surface area contributed by atoms with Crippen LogP contribution in [0.5, 0.6) is 0 Å². The van der Waals surface area contributed by atoms with Gasteiger partial charge in [-0.3, -0.25) is 9.59 Å². The Morgan fingerprint density at radius 2 is 2.00 bits per heavy atom. The van der Waals surface area contributed by atoms with E-state index in [4.69, 9.17) is 4.74 Å². The van der Waals surface area contributed by atoms with E-state index in [1.807, 2.05) is 13.8 Å². The smallest absolute Gasteiger partial charge is 0.242 e. The predicted molar refractivity (Wildman–Crippen MR) is 79.9 cm³/mol. The van der Waals surface area contributed by atoms with E-state index >= 15 is 0 Å². The van der Waals surface area contributed by atoms with Gasteiger partial charge < -0.3 is 20.7 Å². The first-order valence-electron chi connectivity index (χ1n) is 6.82. The summed E-state index contributed by atoms with van der Waals surface area (Å²) in [5, 5.41) is 8.67. The van der Waals surface area contributed by atoms with Crippen molar-refractivity contribution in [3.05, 3.63) is 0 Å². The quantitative estimate of drug-likeness (QED) is 0.548. The van der Waals surface area contributed by atoms with Crippen LogP contribution >= 0.6 is 12.4 Å². The number of carbonyl (C=O) groups is 2. The summed E-state index contributed by atoms with van der Waals surface area (Å²) in [6, 6.07) is -0.454. The molecule has 2 amide bonds. The molecule has 6 nitrogen and oxygen atoms in total. The molecule has 0 radical (unpaired) electrons. The number of hydrogen-bond donors (Lipinski definition) is 3. The van der Waals surface area contributed by atoms with Crippen molar-refractivity contribution < 1.29 is 14.3 Å². The second-order valence-electron chi connectivity index (χ2n) is 5.33. The number of hydrogen-bond acceptors (Lipinski definition) is 4. The van der Waals surface area contributed by atoms with Crippen molar-refractivity contribution in [2.24, 2.45) is 11.8 Å². The van der Waals surface area contributed by atoms with Crippen molar-refractivity contribution in [2.75, 3.05) is 33.4 Å². The van der Waals surface area contributed by atoms with Gasteiger partial charge in [0.25, 0.3) is 0 Å². The van der Waals surface area contributed by atoms with Gasteiger partial charge in [-0.15, -0.1) is 12.4 Å². The summed E-state index contributed by atoms with van der Waals surface area (Å²) in [6.45, 7) is 6.40. The molecule has 0 aromatic rings. The SMILES string of the molecule is COCCNC(=O)[C@H](CC(C)C)NC(=O)C1CNC1.Cl. The minimum Gasteiger partial charge on any atom is -0.383 e. The Hall–Kier alpha value is -0.850. The first-order valence-corrected chi connectivity index (χ1v) is 6.82. The van der Waals surface area contributed by atoms with Gasteiger partial charge in [0.15, 0.2) is 0 Å². The Kier molecular flexibility index (Phi) is 9.54. The largest absolute Gasteiger partial charge is 0.383 e. The molecule has 1 rings (SSSR count). The van der Waals surface area contributed by atoms with Gasteiger partial charge >= 0.3 is 0 Å². The number of halogens is 1. The van der Waals surface area contributed by atoms with Crippen LogP contribution in [0, 0.1) is 11.8 Å². The molecule has 0 aromatic carbocycles. The molecular formula is C13H26ClN3O3. The van der Waals surface area contributed by atoms with Crippen LogP contribution in [-0.2, 0) is 14.3 Å². The van der Waals surface area contributed by atoms with E-state index in [1.54, 1.807) is 7.11 Å². The fourth-order valence-electron chi connectivity index (χ4n) is 1.87. The Bertz CT molecular complexity index is 309. The third-order valence-electron chi connectivity index (χ3n) is 3.10. The number of ether oxygens (including phenoxy) is 1. The minimum atomic E-state index is -0.454. The standard InChI is InChI=1S/C13H25N3O3.ClH/c1-9(2)6-11(13(18)15-4-5-19-3)16-12(17)10-7-14-8-10;/h9-11,14H,4-8H2,1-3H3,(H,15,18)(H,16,17);1H/t11-;/m0./s1. The zero-order chi connectivity index (χ0) is 14.3. The van der Waals surface area contributed by atoms with Crippen molar-refractivity contribution in [3.8, 4) is 0 Å². The summed E-state index contributed by atoms with van der Waals surface area (Å²) in [5.41, 5.74) is 0. The van der Waals surface area contributed by atoms with E-state index in [2.05, 4.69) is 16.0 Å². The molecule has 0 spiro atoms. The van der Waals surface area contributed by atoms with Crippen molar-refractivity contribution in [1.29, 1.82) is 0 Å². The molecule has 118 valence electrons. The highest BCUT2D eigenvalue weighted by atomic mass is 35.5. The highest BCUT2D eigenvalue weighted by Crippen LogP contribution is 2.08. The topological polar surface area (TPSA) is 79.5 Å². The first-order chi connectivity index (χ1) is 9.04. The Balaban J connectivity index is 0.00000361. The zero-order valence-electron chi connectivity index (χ0n) is 12.4. The summed E-state index contributed by atoms with van der Waals surface area (Å²) >= 11 is 0. The Morgan fingerprint density at radius 3 is 2.45 bits per heavy atom. The molecule has 1 aliphatic rings. The fourth-order valence-corrected chi connectivity index (χ4v) is 1.87. The number of nitrogens with one attached hydrogen (secondary N) is 3. The number of rotatable bonds is 8. The maximum atomic E-state index is 12.0. The van der Waals surface area contributed by atoms with Gasteiger partial charge in [-0.05, 0) is 12.3 Å². The molecule has 1 saturated heterocycles. The van der Waals surface area contributed by atoms with Crippen LogP contribution < -0.4 is 16.0 Å². The third-order valence-corrected chi connectivity index (χ3v) is 3.10. The molecule has 1 heterocycles. The van der Waals surface area contributed by atoms with Gasteiger partial charge in [-0.2, -0.15) is 0 Å². The van der Waals surface area contributed by atoms with Crippen LogP contribution in [0.3, 0.4) is 0 Å². The molecule has 0 aliphatic carbocycles. The van der Waals surface area contributed by atoms with Crippen LogP contribution in [0.1, 0.15) is 20.3 Å². The monoisotopic (exact) mass is 307 g/mol. The molecule has 0 unspecified atom stereocenters. The summed E-state index contributed by atoms with van der Waals surface area (Å²) in [5.74, 6) is 0.178. The van der Waals surface area contributed by atoms with Crippen molar-refractivity contribution >= 4 is 24.2 Å². The van der Waals surface area contributed by atoms with Gasteiger partial charge in [-0.1, -0.05) is 13.8 Å². The molecule has 1 atom stereocenters. The zero-order valence-corrected chi connectivity index (χ0v) is 13.2. The molecule has 3 N–H and O–H groups in total. The minimum absolute atomic E-state index is 0. The second-order valence-corrected chi connectivity index (χ2v) is 5.33. The lowest BCUT2D eigenvalue weighted by Crippen LogP contribution is -2.56. The molecule has 1 aliphatic heterocycles. The Morgan fingerprint density at radius 1 is 1.35 bits per heavy atom. The molecule has 20 heavy (non-hydrogen) atoms. The summed E-state index contributed by atoms with van der Waals surface area (Å²) < 4.78 is 4.89. The van der Waals surface area contributed by atoms with E-state index in [1.165, 1.54) is 0 Å². The van der Waals surface area contributed by atoms with Gasteiger partial charge in [-0.25, -0.2) is 0 Å². The molecule has 0 aromatic heterocycles. The number of carbonyl (C=O) groups excluding carboxylic acids is 2. The fraction of sp³-hybridized carbons (Fsp3) is 0.846. The maximum Gasteiger partial charge on any atom is 0.242 e. The predicted octanol–water partition coefficient (Wildman–Crippen LogP) is -0.0789. The molecule has 7 heteroatoms. The van der Waals surface area contributed by atoms with E-state index in [0.29, 0.717) is 38.6 Å². The van der Waals surface area contributed by atoms with Gasteiger partial charge in [0.05, 0.1) is 12.5 Å². The van der Waals surface area contributed by atoms with E-state index in [0.717, 1.165) is 0 Å². The normalized spacial score (nSPS) is 16.0. The lowest BCUT2D eigenvalue weighted by molar-refractivity contribution is -0.132. The van der Waals surface area contributed by atoms with Crippen LogP contribution in [0.25, 0.3) is 0 Å². The van der Waals surface area contributed by atoms with Crippen LogP contribution in [-0.4, -0.2) is 51.2 Å². The third kappa shape index (κ3) is 6.54. The molecule has 0 bridgehead atoms. The van der Waals surface area contributed by atoms with Crippen molar-refractivity contribution in [2.45, 2.75) is 26.3 Å². The average Bonchev–Trinajstić information content (AvgIpc) is 2.25. The maximum absolute atomic E-state index is 12.0. The van der Waals surface area contributed by atoms with Crippen molar-refractivity contribution in [3.63, 3.8) is 0 Å².